The van der Waals surface area contributed by atoms with Gasteiger partial charge in [-0.25, -0.2) is 4.79 Å². The average molecular weight is 257 g/mol. The van der Waals surface area contributed by atoms with Crippen LogP contribution in [0.5, 0.6) is 0 Å². The van der Waals surface area contributed by atoms with Gasteiger partial charge in [0, 0.05) is 17.5 Å². The molecule has 96 valence electrons. The Morgan fingerprint density at radius 3 is 2.65 bits per heavy atom. The molecule has 17 heavy (non-hydrogen) atoms. The van der Waals surface area contributed by atoms with Gasteiger partial charge in [0.05, 0.1) is 0 Å². The van der Waals surface area contributed by atoms with Crippen molar-refractivity contribution in [3.8, 4) is 0 Å². The Morgan fingerprint density at radius 2 is 2.24 bits per heavy atom. The lowest BCUT2D eigenvalue weighted by Crippen LogP contribution is -2.46. The highest BCUT2D eigenvalue weighted by Crippen LogP contribution is 2.26. The van der Waals surface area contributed by atoms with Crippen molar-refractivity contribution in [2.45, 2.75) is 32.4 Å². The van der Waals surface area contributed by atoms with E-state index in [9.17, 15) is 9.90 Å². The maximum Gasteiger partial charge on any atom is 0.336 e. The Labute approximate surface area is 105 Å². The van der Waals surface area contributed by atoms with Crippen molar-refractivity contribution in [3.63, 3.8) is 0 Å². The summed E-state index contributed by atoms with van der Waals surface area (Å²) in [6.07, 6.45) is 0. The fraction of sp³-hybridized carbons (Fsp3) is 0.583. The zero-order valence-electron chi connectivity index (χ0n) is 10.3. The quantitative estimate of drug-likeness (QED) is 0.727. The second-order valence-electron chi connectivity index (χ2n) is 4.70. The first-order valence-electron chi connectivity index (χ1n) is 5.57. The molecule has 0 aliphatic rings. The van der Waals surface area contributed by atoms with Gasteiger partial charge in [-0.15, -0.1) is 11.3 Å². The van der Waals surface area contributed by atoms with Gasteiger partial charge in [0.2, 0.25) is 0 Å². The van der Waals surface area contributed by atoms with Crippen LogP contribution in [0.25, 0.3) is 0 Å². The summed E-state index contributed by atoms with van der Waals surface area (Å²) in [7, 11) is 0. The smallest absolute Gasteiger partial charge is 0.336 e. The maximum atomic E-state index is 10.8. The van der Waals surface area contributed by atoms with Gasteiger partial charge in [-0.05, 0) is 24.3 Å². The van der Waals surface area contributed by atoms with Gasteiger partial charge in [0.25, 0.3) is 0 Å². The highest BCUT2D eigenvalue weighted by atomic mass is 32.1. The lowest BCUT2D eigenvalue weighted by Gasteiger charge is -2.26. The van der Waals surface area contributed by atoms with Crippen molar-refractivity contribution >= 4 is 17.3 Å². The van der Waals surface area contributed by atoms with Crippen LogP contribution in [-0.2, 0) is 4.79 Å². The van der Waals surface area contributed by atoms with Crippen LogP contribution in [0, 0.1) is 5.92 Å². The molecule has 0 spiro atoms. The number of rotatable bonds is 6. The average Bonchev–Trinajstić information content (AvgIpc) is 2.70. The van der Waals surface area contributed by atoms with E-state index in [1.165, 1.54) is 6.92 Å². The third-order valence-electron chi connectivity index (χ3n) is 2.64. The summed E-state index contributed by atoms with van der Waals surface area (Å²) in [5.74, 6) is -0.878. The van der Waals surface area contributed by atoms with E-state index in [1.807, 2.05) is 17.5 Å². The molecule has 1 aromatic heterocycles. The first-order valence-corrected chi connectivity index (χ1v) is 6.45. The number of thiophene rings is 1. The predicted octanol–water partition coefficient (Wildman–Crippen LogP) is 1.87. The molecule has 0 bridgehead atoms. The lowest BCUT2D eigenvalue weighted by molar-refractivity contribution is -0.156. The molecule has 2 atom stereocenters. The van der Waals surface area contributed by atoms with Gasteiger partial charge in [-0.1, -0.05) is 19.9 Å². The number of carboxylic acids is 1. The topological polar surface area (TPSA) is 69.6 Å². The number of hydrogen-bond donors (Lipinski definition) is 3. The van der Waals surface area contributed by atoms with Gasteiger partial charge < -0.3 is 15.5 Å². The van der Waals surface area contributed by atoms with Crippen molar-refractivity contribution in [1.29, 1.82) is 0 Å². The van der Waals surface area contributed by atoms with Crippen LogP contribution >= 0.6 is 11.3 Å². The molecule has 1 heterocycles. The van der Waals surface area contributed by atoms with Gasteiger partial charge in [0.15, 0.2) is 5.60 Å². The fourth-order valence-electron chi connectivity index (χ4n) is 1.52. The molecule has 0 saturated heterocycles. The second-order valence-corrected chi connectivity index (χ2v) is 5.68. The standard InChI is InChI=1S/C12H19NO3S/c1-8(2)10(9-5-4-6-17-9)13-7-12(3,16)11(14)15/h4-6,8,10,13,16H,7H2,1-3H3,(H,14,15). The third kappa shape index (κ3) is 3.80. The molecule has 2 unspecified atom stereocenters. The zero-order chi connectivity index (χ0) is 13.1. The first-order chi connectivity index (χ1) is 7.84. The summed E-state index contributed by atoms with van der Waals surface area (Å²) in [6.45, 7) is 5.46. The van der Waals surface area contributed by atoms with Gasteiger partial charge in [-0.3, -0.25) is 0 Å². The Kier molecular flexibility index (Phi) is 4.68. The van der Waals surface area contributed by atoms with Crippen molar-refractivity contribution < 1.29 is 15.0 Å². The highest BCUT2D eigenvalue weighted by molar-refractivity contribution is 7.10. The molecular formula is C12H19NO3S. The van der Waals surface area contributed by atoms with Crippen LogP contribution in [0.4, 0.5) is 0 Å². The summed E-state index contributed by atoms with van der Waals surface area (Å²) in [5, 5.41) is 23.6. The molecule has 0 aliphatic heterocycles. The van der Waals surface area contributed by atoms with E-state index in [-0.39, 0.29) is 12.6 Å². The fourth-order valence-corrected chi connectivity index (χ4v) is 2.49. The minimum atomic E-state index is -1.73. The molecule has 0 aliphatic carbocycles. The predicted molar refractivity (Wildman–Crippen MR) is 68.2 cm³/mol. The number of nitrogens with one attached hydrogen (secondary N) is 1. The molecule has 1 aromatic rings. The molecule has 3 N–H and O–H groups in total. The van der Waals surface area contributed by atoms with E-state index in [0.717, 1.165) is 4.88 Å². The number of carboxylic acid groups (broad SMARTS) is 1. The molecule has 1 rings (SSSR count). The second kappa shape index (κ2) is 5.62. The van der Waals surface area contributed by atoms with Crippen molar-refractivity contribution in [3.05, 3.63) is 22.4 Å². The summed E-state index contributed by atoms with van der Waals surface area (Å²) in [5.41, 5.74) is -1.73. The van der Waals surface area contributed by atoms with Crippen molar-refractivity contribution in [2.75, 3.05) is 6.54 Å². The molecule has 4 nitrogen and oxygen atoms in total. The number of aliphatic carboxylic acids is 1. The zero-order valence-corrected chi connectivity index (χ0v) is 11.1. The SMILES string of the molecule is CC(C)C(NCC(C)(O)C(=O)O)c1cccs1. The van der Waals surface area contributed by atoms with Gasteiger partial charge in [-0.2, -0.15) is 0 Å². The minimum Gasteiger partial charge on any atom is -0.479 e. The summed E-state index contributed by atoms with van der Waals surface area (Å²) >= 11 is 1.63. The molecule has 0 radical (unpaired) electrons. The maximum absolute atomic E-state index is 10.8. The normalized spacial score (nSPS) is 16.8. The summed E-state index contributed by atoms with van der Waals surface area (Å²) in [4.78, 5) is 12.0. The highest BCUT2D eigenvalue weighted by Gasteiger charge is 2.31. The third-order valence-corrected chi connectivity index (χ3v) is 3.60. The lowest BCUT2D eigenvalue weighted by atomic mass is 10.0. The summed E-state index contributed by atoms with van der Waals surface area (Å²) < 4.78 is 0. The van der Waals surface area contributed by atoms with E-state index >= 15 is 0 Å². The van der Waals surface area contributed by atoms with E-state index in [4.69, 9.17) is 5.11 Å². The van der Waals surface area contributed by atoms with Crippen LogP contribution in [0.15, 0.2) is 17.5 Å². The first kappa shape index (κ1) is 14.2. The van der Waals surface area contributed by atoms with Crippen molar-refractivity contribution in [2.24, 2.45) is 5.92 Å². The Bertz CT molecular complexity index is 360. The van der Waals surface area contributed by atoms with E-state index < -0.39 is 11.6 Å². The number of hydrogen-bond acceptors (Lipinski definition) is 4. The number of carbonyl (C=O) groups is 1. The van der Waals surface area contributed by atoms with Crippen LogP contribution in [0.3, 0.4) is 0 Å². The molecule has 0 fully saturated rings. The van der Waals surface area contributed by atoms with Gasteiger partial charge in [0.1, 0.15) is 0 Å². The monoisotopic (exact) mass is 257 g/mol. The molecular weight excluding hydrogens is 238 g/mol. The minimum absolute atomic E-state index is 0.0308. The van der Waals surface area contributed by atoms with E-state index in [1.54, 1.807) is 11.3 Å². The Morgan fingerprint density at radius 1 is 1.59 bits per heavy atom. The Hall–Kier alpha value is -0.910. The van der Waals surface area contributed by atoms with E-state index in [0.29, 0.717) is 5.92 Å². The van der Waals surface area contributed by atoms with Crippen LogP contribution < -0.4 is 5.32 Å². The largest absolute Gasteiger partial charge is 0.479 e. The molecule has 0 amide bonds. The van der Waals surface area contributed by atoms with E-state index in [2.05, 4.69) is 19.2 Å². The van der Waals surface area contributed by atoms with Crippen LogP contribution in [0.2, 0.25) is 0 Å². The van der Waals surface area contributed by atoms with Gasteiger partial charge >= 0.3 is 5.97 Å². The van der Waals surface area contributed by atoms with Crippen LogP contribution in [0.1, 0.15) is 31.7 Å². The molecule has 0 saturated carbocycles. The summed E-state index contributed by atoms with van der Waals surface area (Å²) in [6, 6.07) is 4.05. The Balaban J connectivity index is 2.67. The number of aliphatic hydroxyl groups is 1. The molecule has 0 aromatic carbocycles. The van der Waals surface area contributed by atoms with Crippen LogP contribution in [-0.4, -0.2) is 28.3 Å². The molecule has 5 heteroatoms. The van der Waals surface area contributed by atoms with Crippen molar-refractivity contribution in [1.82, 2.24) is 5.32 Å².